The summed E-state index contributed by atoms with van der Waals surface area (Å²) in [6, 6.07) is 2.26. The van der Waals surface area contributed by atoms with Crippen LogP contribution >= 0.6 is 0 Å². The summed E-state index contributed by atoms with van der Waals surface area (Å²) in [5.74, 6) is 0.764. The highest BCUT2D eigenvalue weighted by molar-refractivity contribution is 5.30. The van der Waals surface area contributed by atoms with Crippen LogP contribution < -0.4 is 5.32 Å². The number of aromatic nitrogens is 1. The van der Waals surface area contributed by atoms with Gasteiger partial charge in [-0.15, -0.1) is 0 Å². The van der Waals surface area contributed by atoms with E-state index in [0.29, 0.717) is 0 Å². The number of hydrogen-bond acceptors (Lipinski definition) is 1. The summed E-state index contributed by atoms with van der Waals surface area (Å²) in [6.07, 6.45) is 0. The molecule has 60 valence electrons. The summed E-state index contributed by atoms with van der Waals surface area (Å²) in [6.45, 7) is 6.57. The third kappa shape index (κ3) is 1.07. The maximum Gasteiger partial charge on any atom is 0.0154 e. The lowest BCUT2D eigenvalue weighted by molar-refractivity contribution is 0.447. The first-order chi connectivity index (χ1) is 5.27. The molecule has 0 amide bonds. The maximum absolute atomic E-state index is 3.33. The number of hydrogen-bond donors (Lipinski definition) is 2. The Balaban J connectivity index is 2.28. The Hall–Kier alpha value is -0.760. The number of rotatable bonds is 1. The highest BCUT2D eigenvalue weighted by Gasteiger charge is 2.21. The van der Waals surface area contributed by atoms with Gasteiger partial charge in [0.2, 0.25) is 0 Å². The first-order valence-corrected chi connectivity index (χ1v) is 4.14. The molecule has 0 bridgehead atoms. The van der Waals surface area contributed by atoms with Gasteiger partial charge >= 0.3 is 0 Å². The van der Waals surface area contributed by atoms with Crippen LogP contribution in [-0.4, -0.2) is 18.1 Å². The number of aryl methyl sites for hydroxylation is 2. The predicted octanol–water partition coefficient (Wildman–Crippen LogP) is 1.32. The lowest BCUT2D eigenvalue weighted by Crippen LogP contribution is -2.39. The van der Waals surface area contributed by atoms with Gasteiger partial charge in [0.05, 0.1) is 0 Å². The van der Waals surface area contributed by atoms with E-state index in [9.17, 15) is 0 Å². The zero-order chi connectivity index (χ0) is 7.84. The summed E-state index contributed by atoms with van der Waals surface area (Å²) in [5.41, 5.74) is 4.12. The summed E-state index contributed by atoms with van der Waals surface area (Å²) < 4.78 is 0. The molecular weight excluding hydrogens is 136 g/mol. The van der Waals surface area contributed by atoms with E-state index < -0.39 is 0 Å². The van der Waals surface area contributed by atoms with Gasteiger partial charge < -0.3 is 10.3 Å². The van der Waals surface area contributed by atoms with E-state index in [2.05, 4.69) is 30.2 Å². The van der Waals surface area contributed by atoms with Gasteiger partial charge in [0.15, 0.2) is 0 Å². The molecule has 2 N–H and O–H groups in total. The first-order valence-electron chi connectivity index (χ1n) is 4.14. The SMILES string of the molecule is Cc1cc(C2CNC2)c(C)[nH]1. The quantitative estimate of drug-likeness (QED) is 0.621. The molecule has 1 aliphatic heterocycles. The Kier molecular flexibility index (Phi) is 1.50. The third-order valence-electron chi connectivity index (χ3n) is 2.41. The van der Waals surface area contributed by atoms with Crippen molar-refractivity contribution in [3.8, 4) is 0 Å². The van der Waals surface area contributed by atoms with Crippen LogP contribution in [0.4, 0.5) is 0 Å². The molecule has 1 aromatic heterocycles. The second-order valence-electron chi connectivity index (χ2n) is 3.39. The topological polar surface area (TPSA) is 27.8 Å². The normalized spacial score (nSPS) is 18.4. The van der Waals surface area contributed by atoms with Crippen molar-refractivity contribution in [3.05, 3.63) is 23.0 Å². The second kappa shape index (κ2) is 2.38. The molecule has 0 unspecified atom stereocenters. The molecular formula is C9H14N2. The van der Waals surface area contributed by atoms with Crippen LogP contribution in [0.15, 0.2) is 6.07 Å². The summed E-state index contributed by atoms with van der Waals surface area (Å²) >= 11 is 0. The van der Waals surface area contributed by atoms with Crippen LogP contribution in [0.3, 0.4) is 0 Å². The fourth-order valence-corrected chi connectivity index (χ4v) is 1.68. The molecule has 2 nitrogen and oxygen atoms in total. The van der Waals surface area contributed by atoms with Crippen molar-refractivity contribution in [3.63, 3.8) is 0 Å². The minimum atomic E-state index is 0.764. The average molecular weight is 150 g/mol. The summed E-state index contributed by atoms with van der Waals surface area (Å²) in [4.78, 5) is 3.33. The molecule has 2 heterocycles. The van der Waals surface area contributed by atoms with Crippen molar-refractivity contribution >= 4 is 0 Å². The van der Waals surface area contributed by atoms with Crippen LogP contribution in [-0.2, 0) is 0 Å². The van der Waals surface area contributed by atoms with Gasteiger partial charge in [-0.05, 0) is 25.5 Å². The van der Waals surface area contributed by atoms with Gasteiger partial charge in [0, 0.05) is 30.4 Å². The zero-order valence-electron chi connectivity index (χ0n) is 7.07. The zero-order valence-corrected chi connectivity index (χ0v) is 7.07. The monoisotopic (exact) mass is 150 g/mol. The molecule has 2 rings (SSSR count). The smallest absolute Gasteiger partial charge is 0.0154 e. The van der Waals surface area contributed by atoms with E-state index in [1.807, 2.05) is 0 Å². The lowest BCUT2D eigenvalue weighted by Gasteiger charge is -2.27. The number of aromatic amines is 1. The molecule has 11 heavy (non-hydrogen) atoms. The van der Waals surface area contributed by atoms with E-state index in [0.717, 1.165) is 19.0 Å². The van der Waals surface area contributed by atoms with Crippen LogP contribution in [0.2, 0.25) is 0 Å². The molecule has 0 radical (unpaired) electrons. The Morgan fingerprint density at radius 3 is 2.45 bits per heavy atom. The van der Waals surface area contributed by atoms with Gasteiger partial charge in [-0.2, -0.15) is 0 Å². The van der Waals surface area contributed by atoms with Gasteiger partial charge in [-0.1, -0.05) is 0 Å². The molecule has 1 aromatic rings. The van der Waals surface area contributed by atoms with Gasteiger partial charge in [0.1, 0.15) is 0 Å². The lowest BCUT2D eigenvalue weighted by atomic mass is 9.94. The Morgan fingerprint density at radius 2 is 2.09 bits per heavy atom. The van der Waals surface area contributed by atoms with Gasteiger partial charge in [-0.3, -0.25) is 0 Å². The van der Waals surface area contributed by atoms with Crippen LogP contribution in [0, 0.1) is 13.8 Å². The highest BCUT2D eigenvalue weighted by Crippen LogP contribution is 2.23. The van der Waals surface area contributed by atoms with Crippen LogP contribution in [0.1, 0.15) is 22.9 Å². The summed E-state index contributed by atoms with van der Waals surface area (Å²) in [7, 11) is 0. The molecule has 2 heteroatoms. The Labute approximate surface area is 67.0 Å². The molecule has 0 aromatic carbocycles. The second-order valence-corrected chi connectivity index (χ2v) is 3.39. The van der Waals surface area contributed by atoms with Crippen molar-refractivity contribution in [1.82, 2.24) is 10.3 Å². The molecule has 0 spiro atoms. The average Bonchev–Trinajstić information content (AvgIpc) is 2.07. The Morgan fingerprint density at radius 1 is 1.36 bits per heavy atom. The molecule has 0 saturated carbocycles. The van der Waals surface area contributed by atoms with Crippen molar-refractivity contribution in [2.45, 2.75) is 19.8 Å². The predicted molar refractivity (Wildman–Crippen MR) is 45.9 cm³/mol. The van der Waals surface area contributed by atoms with E-state index >= 15 is 0 Å². The molecule has 0 aliphatic carbocycles. The van der Waals surface area contributed by atoms with E-state index in [4.69, 9.17) is 0 Å². The minimum absolute atomic E-state index is 0.764. The molecule has 1 fully saturated rings. The van der Waals surface area contributed by atoms with Gasteiger partial charge in [-0.25, -0.2) is 0 Å². The molecule has 1 aliphatic rings. The third-order valence-corrected chi connectivity index (χ3v) is 2.41. The van der Waals surface area contributed by atoms with Gasteiger partial charge in [0.25, 0.3) is 0 Å². The summed E-state index contributed by atoms with van der Waals surface area (Å²) in [5, 5.41) is 3.28. The standard InChI is InChI=1S/C9H14N2/c1-6-3-9(7(2)11-6)8-4-10-5-8/h3,8,10-11H,4-5H2,1-2H3. The van der Waals surface area contributed by atoms with Crippen LogP contribution in [0.25, 0.3) is 0 Å². The highest BCUT2D eigenvalue weighted by atomic mass is 14.9. The van der Waals surface area contributed by atoms with Crippen molar-refractivity contribution < 1.29 is 0 Å². The van der Waals surface area contributed by atoms with Crippen molar-refractivity contribution in [1.29, 1.82) is 0 Å². The maximum atomic E-state index is 3.33. The van der Waals surface area contributed by atoms with Crippen molar-refractivity contribution in [2.75, 3.05) is 13.1 Å². The minimum Gasteiger partial charge on any atom is -0.362 e. The first kappa shape index (κ1) is 6.92. The number of nitrogens with one attached hydrogen (secondary N) is 2. The van der Waals surface area contributed by atoms with Crippen LogP contribution in [0.5, 0.6) is 0 Å². The Bertz CT molecular complexity index is 259. The van der Waals surface area contributed by atoms with Crippen molar-refractivity contribution in [2.24, 2.45) is 0 Å². The number of H-pyrrole nitrogens is 1. The van der Waals surface area contributed by atoms with E-state index in [-0.39, 0.29) is 0 Å². The molecule has 0 atom stereocenters. The van der Waals surface area contributed by atoms with E-state index in [1.54, 1.807) is 0 Å². The fraction of sp³-hybridized carbons (Fsp3) is 0.556. The fourth-order valence-electron chi connectivity index (χ4n) is 1.68. The molecule has 1 saturated heterocycles. The largest absolute Gasteiger partial charge is 0.362 e. The van der Waals surface area contributed by atoms with E-state index in [1.165, 1.54) is 17.0 Å².